The Bertz CT molecular complexity index is 1690. The molecule has 0 aliphatic carbocycles. The summed E-state index contributed by atoms with van der Waals surface area (Å²) < 4.78 is 11.7. The number of aliphatic hydroxyl groups excluding tert-OH is 2. The molecule has 0 bridgehead atoms. The van der Waals surface area contributed by atoms with E-state index in [2.05, 4.69) is 89.5 Å². The van der Waals surface area contributed by atoms with Gasteiger partial charge in [-0.1, -0.05) is 96.1 Å². The van der Waals surface area contributed by atoms with E-state index in [1.165, 1.54) is 0 Å². The Balaban J connectivity index is 1.58. The minimum Gasteiger partial charge on any atom is -0.424 e. The molecule has 0 amide bonds. The number of hydrogen-bond donors (Lipinski definition) is 2. The second-order valence-corrected chi connectivity index (χ2v) is 16.2. The minimum atomic E-state index is -2.19. The summed E-state index contributed by atoms with van der Waals surface area (Å²) in [5.41, 5.74) is 5.67. The lowest BCUT2D eigenvalue weighted by molar-refractivity contribution is -0.162. The monoisotopic (exact) mass is 764 g/mol. The molecule has 0 spiro atoms. The van der Waals surface area contributed by atoms with Gasteiger partial charge in [0.05, 0.1) is 0 Å². The molecule has 0 saturated carbocycles. The first-order valence-electron chi connectivity index (χ1n) is 20.2. The lowest BCUT2D eigenvalue weighted by Crippen LogP contribution is -2.44. The van der Waals surface area contributed by atoms with Gasteiger partial charge in [0.2, 0.25) is 0 Å². The normalized spacial score (nSPS) is 14.1. The molecule has 4 atom stereocenters. The van der Waals surface area contributed by atoms with Crippen LogP contribution in [0.2, 0.25) is 0 Å². The molecule has 0 aliphatic heterocycles. The summed E-state index contributed by atoms with van der Waals surface area (Å²) in [5, 5.41) is 22.2. The highest BCUT2D eigenvalue weighted by atomic mass is 16.6. The van der Waals surface area contributed by atoms with Crippen LogP contribution in [0.1, 0.15) is 113 Å². The highest BCUT2D eigenvalue weighted by Gasteiger charge is 2.35. The van der Waals surface area contributed by atoms with E-state index in [0.717, 1.165) is 59.3 Å². The van der Waals surface area contributed by atoms with Crippen LogP contribution >= 0.6 is 0 Å². The van der Waals surface area contributed by atoms with Gasteiger partial charge < -0.3 is 19.7 Å². The largest absolute Gasteiger partial charge is 0.424 e. The van der Waals surface area contributed by atoms with E-state index in [1.54, 1.807) is 12.1 Å². The van der Waals surface area contributed by atoms with Crippen LogP contribution in [0.5, 0.6) is 11.5 Å². The maximum atomic E-state index is 13.6. The van der Waals surface area contributed by atoms with E-state index in [-0.39, 0.29) is 23.3 Å². The molecule has 4 rings (SSSR count). The van der Waals surface area contributed by atoms with Crippen molar-refractivity contribution in [3.05, 3.63) is 130 Å². The van der Waals surface area contributed by atoms with E-state index < -0.39 is 24.1 Å². The number of rotatable bonds is 19. The molecule has 8 heteroatoms. The summed E-state index contributed by atoms with van der Waals surface area (Å²) in [6.07, 6.45) is -2.87. The molecule has 56 heavy (non-hydrogen) atoms. The molecule has 4 aromatic rings. The number of carbonyl (C=O) groups excluding carboxylic acids is 2. The highest BCUT2D eigenvalue weighted by molar-refractivity contribution is 5.87. The van der Waals surface area contributed by atoms with Gasteiger partial charge in [-0.2, -0.15) is 0 Å². The number of nitrogens with zero attached hydrogens (tertiary/aromatic N) is 2. The summed E-state index contributed by atoms with van der Waals surface area (Å²) in [7, 11) is 0. The van der Waals surface area contributed by atoms with E-state index in [9.17, 15) is 19.8 Å². The number of benzene rings is 4. The number of hydrogen-bond acceptors (Lipinski definition) is 8. The summed E-state index contributed by atoms with van der Waals surface area (Å²) in [4.78, 5) is 32.0. The average molecular weight is 765 g/mol. The van der Waals surface area contributed by atoms with Crippen molar-refractivity contribution < 1.29 is 29.3 Å². The Morgan fingerprint density at radius 2 is 0.839 bits per heavy atom. The van der Waals surface area contributed by atoms with Crippen LogP contribution < -0.4 is 9.47 Å². The van der Waals surface area contributed by atoms with Gasteiger partial charge in [0, 0.05) is 47.1 Å². The first-order chi connectivity index (χ1) is 26.6. The summed E-state index contributed by atoms with van der Waals surface area (Å²) >= 11 is 0. The van der Waals surface area contributed by atoms with Gasteiger partial charge in [0.15, 0.2) is 12.2 Å². The average Bonchev–Trinajstić information content (AvgIpc) is 3.16. The van der Waals surface area contributed by atoms with Gasteiger partial charge in [-0.3, -0.25) is 9.80 Å². The standard InChI is InChI=1S/C48H64N2O6/c1-31(2)49(32(3)4)27-25-39(37-17-13-11-14-18-37)41-29-35(9)21-23-43(41)55-47(53)45(51)46(52)48(54)56-44-24-22-36(10)30-42(44)40(38-19-15-12-16-20-38)26-28-50(33(5)6)34(7)8/h11-24,29-34,39-40,45-46,51-52H,25-28H2,1-10H3/t39-,40-,45?,46?/m0/s1. The molecular weight excluding hydrogens is 701 g/mol. The van der Waals surface area contributed by atoms with E-state index in [0.29, 0.717) is 24.2 Å². The van der Waals surface area contributed by atoms with Gasteiger partial charge in [0.25, 0.3) is 0 Å². The maximum Gasteiger partial charge on any atom is 0.343 e. The van der Waals surface area contributed by atoms with Crippen LogP contribution in [-0.2, 0) is 9.59 Å². The predicted molar refractivity (Wildman–Crippen MR) is 225 cm³/mol. The second-order valence-electron chi connectivity index (χ2n) is 16.2. The van der Waals surface area contributed by atoms with Gasteiger partial charge in [-0.15, -0.1) is 0 Å². The Labute approximate surface area is 335 Å². The molecule has 0 aromatic heterocycles. The zero-order valence-corrected chi connectivity index (χ0v) is 35.1. The minimum absolute atomic E-state index is 0.128. The molecule has 0 heterocycles. The third kappa shape index (κ3) is 11.8. The zero-order chi connectivity index (χ0) is 41.1. The highest BCUT2D eigenvalue weighted by Crippen LogP contribution is 2.38. The molecular formula is C48H64N2O6. The van der Waals surface area contributed by atoms with E-state index in [1.807, 2.05) is 74.5 Å². The topological polar surface area (TPSA) is 99.5 Å². The summed E-state index contributed by atoms with van der Waals surface area (Å²) in [5.74, 6) is -2.03. The van der Waals surface area contributed by atoms with Gasteiger partial charge in [0.1, 0.15) is 11.5 Å². The van der Waals surface area contributed by atoms with Gasteiger partial charge in [-0.25, -0.2) is 9.59 Å². The molecule has 302 valence electrons. The maximum absolute atomic E-state index is 13.6. The summed E-state index contributed by atoms with van der Waals surface area (Å²) in [6.45, 7) is 23.1. The fourth-order valence-electron chi connectivity index (χ4n) is 7.82. The van der Waals surface area contributed by atoms with Crippen molar-refractivity contribution in [2.24, 2.45) is 0 Å². The van der Waals surface area contributed by atoms with Crippen molar-refractivity contribution in [2.75, 3.05) is 13.1 Å². The third-order valence-corrected chi connectivity index (χ3v) is 10.7. The third-order valence-electron chi connectivity index (χ3n) is 10.7. The van der Waals surface area contributed by atoms with Crippen molar-refractivity contribution >= 4 is 11.9 Å². The Hall–Kier alpha value is -4.34. The molecule has 4 aromatic carbocycles. The van der Waals surface area contributed by atoms with Crippen molar-refractivity contribution in [2.45, 2.75) is 130 Å². The lowest BCUT2D eigenvalue weighted by Gasteiger charge is -2.32. The molecule has 2 N–H and O–H groups in total. The number of ether oxygens (including phenoxy) is 2. The first kappa shape index (κ1) is 44.4. The second kappa shape index (κ2) is 20.7. The van der Waals surface area contributed by atoms with E-state index in [4.69, 9.17) is 9.47 Å². The van der Waals surface area contributed by atoms with Crippen LogP contribution in [0, 0.1) is 13.8 Å². The summed E-state index contributed by atoms with van der Waals surface area (Å²) in [6, 6.07) is 32.6. The molecule has 0 radical (unpaired) electrons. The zero-order valence-electron chi connectivity index (χ0n) is 35.1. The quantitative estimate of drug-likeness (QED) is 0.0723. The molecule has 2 unspecified atom stereocenters. The molecule has 0 saturated heterocycles. The molecule has 0 fully saturated rings. The van der Waals surface area contributed by atoms with Crippen molar-refractivity contribution in [1.29, 1.82) is 0 Å². The van der Waals surface area contributed by atoms with Crippen LogP contribution in [-0.4, -0.2) is 81.4 Å². The fourth-order valence-corrected chi connectivity index (χ4v) is 7.82. The smallest absolute Gasteiger partial charge is 0.343 e. The van der Waals surface area contributed by atoms with Crippen molar-refractivity contribution in [3.8, 4) is 11.5 Å². The van der Waals surface area contributed by atoms with Gasteiger partial charge in [-0.05, 0) is 118 Å². The Morgan fingerprint density at radius 3 is 1.14 bits per heavy atom. The number of carbonyl (C=O) groups is 2. The molecule has 0 aliphatic rings. The SMILES string of the molecule is Cc1ccc(OC(=O)C(O)C(O)C(=O)Oc2ccc(C)cc2[C@@H](CCN(C(C)C)C(C)C)c2ccccc2)c([C@@H](CCN(C(C)C)C(C)C)c2ccccc2)c1. The number of aryl methyl sites for hydroxylation is 2. The van der Waals surface area contributed by atoms with Crippen LogP contribution in [0.3, 0.4) is 0 Å². The number of aliphatic hydroxyl groups is 2. The number of esters is 2. The predicted octanol–water partition coefficient (Wildman–Crippen LogP) is 8.82. The fraction of sp³-hybridized carbons (Fsp3) is 0.458. The molecule has 8 nitrogen and oxygen atoms in total. The Morgan fingerprint density at radius 1 is 0.518 bits per heavy atom. The lowest BCUT2D eigenvalue weighted by atomic mass is 9.86. The Kier molecular flexibility index (Phi) is 16.4. The van der Waals surface area contributed by atoms with E-state index >= 15 is 0 Å². The van der Waals surface area contributed by atoms with Crippen molar-refractivity contribution in [1.82, 2.24) is 9.80 Å². The van der Waals surface area contributed by atoms with Gasteiger partial charge >= 0.3 is 11.9 Å². The first-order valence-corrected chi connectivity index (χ1v) is 20.2. The van der Waals surface area contributed by atoms with Crippen LogP contribution in [0.4, 0.5) is 0 Å². The van der Waals surface area contributed by atoms with Crippen molar-refractivity contribution in [3.63, 3.8) is 0 Å². The van der Waals surface area contributed by atoms with Crippen LogP contribution in [0.25, 0.3) is 0 Å². The van der Waals surface area contributed by atoms with Crippen LogP contribution in [0.15, 0.2) is 97.1 Å².